The molecule has 0 atom stereocenters. The van der Waals surface area contributed by atoms with Crippen molar-refractivity contribution in [1.29, 1.82) is 0 Å². The lowest BCUT2D eigenvalue weighted by molar-refractivity contribution is -0.141. The summed E-state index contributed by atoms with van der Waals surface area (Å²) in [6.45, 7) is 4.30. The van der Waals surface area contributed by atoms with E-state index in [9.17, 15) is 4.79 Å². The first kappa shape index (κ1) is 16.5. The molecule has 5 heteroatoms. The number of benzene rings is 1. The van der Waals surface area contributed by atoms with E-state index in [4.69, 9.17) is 14.2 Å². The minimum atomic E-state index is -0.262. The number of nitrogens with one attached hydrogen (secondary N) is 1. The van der Waals surface area contributed by atoms with Crippen LogP contribution in [0.5, 0.6) is 0 Å². The third-order valence-corrected chi connectivity index (χ3v) is 2.62. The molecule has 0 unspecified atom stereocenters. The molecule has 0 fully saturated rings. The number of ether oxygens (including phenoxy) is 3. The van der Waals surface area contributed by atoms with E-state index in [1.165, 1.54) is 5.56 Å². The summed E-state index contributed by atoms with van der Waals surface area (Å²) in [6.07, 6.45) is 0.694. The SMILES string of the molecule is COCCOCCCOC(=O)CNc1ccc(C)cc1. The maximum atomic E-state index is 11.5. The summed E-state index contributed by atoms with van der Waals surface area (Å²) in [5.74, 6) is -0.262. The molecule has 0 amide bonds. The summed E-state index contributed by atoms with van der Waals surface area (Å²) in [5, 5.41) is 3.02. The minimum absolute atomic E-state index is 0.174. The second-order valence-electron chi connectivity index (χ2n) is 4.40. The lowest BCUT2D eigenvalue weighted by atomic mass is 10.2. The van der Waals surface area contributed by atoms with Crippen LogP contribution < -0.4 is 5.32 Å². The Balaban J connectivity index is 2.01. The Hall–Kier alpha value is -1.59. The van der Waals surface area contributed by atoms with Crippen LogP contribution in [0.15, 0.2) is 24.3 Å². The molecule has 0 bridgehead atoms. The van der Waals surface area contributed by atoms with Crippen molar-refractivity contribution in [2.75, 3.05) is 45.4 Å². The average molecular weight is 281 g/mol. The molecule has 0 aromatic heterocycles. The summed E-state index contributed by atoms with van der Waals surface area (Å²) in [5.41, 5.74) is 2.10. The molecule has 0 heterocycles. The number of esters is 1. The Morgan fingerprint density at radius 2 is 1.85 bits per heavy atom. The molecular formula is C15H23NO4. The highest BCUT2D eigenvalue weighted by Gasteiger charge is 2.02. The van der Waals surface area contributed by atoms with Gasteiger partial charge in [-0.25, -0.2) is 0 Å². The van der Waals surface area contributed by atoms with Gasteiger partial charge in [0.05, 0.1) is 19.8 Å². The van der Waals surface area contributed by atoms with Crippen LogP contribution >= 0.6 is 0 Å². The second-order valence-corrected chi connectivity index (χ2v) is 4.40. The zero-order valence-electron chi connectivity index (χ0n) is 12.2. The van der Waals surface area contributed by atoms with Gasteiger partial charge >= 0.3 is 5.97 Å². The number of methoxy groups -OCH3 is 1. The maximum Gasteiger partial charge on any atom is 0.325 e. The monoisotopic (exact) mass is 281 g/mol. The summed E-state index contributed by atoms with van der Waals surface area (Å²) in [6, 6.07) is 7.86. The molecule has 20 heavy (non-hydrogen) atoms. The van der Waals surface area contributed by atoms with Gasteiger partial charge in [-0.1, -0.05) is 17.7 Å². The largest absolute Gasteiger partial charge is 0.464 e. The lowest BCUT2D eigenvalue weighted by Crippen LogP contribution is -2.18. The van der Waals surface area contributed by atoms with Gasteiger partial charge in [-0.3, -0.25) is 4.79 Å². The highest BCUT2D eigenvalue weighted by Crippen LogP contribution is 2.07. The van der Waals surface area contributed by atoms with E-state index in [1.807, 2.05) is 31.2 Å². The average Bonchev–Trinajstić information content (AvgIpc) is 2.46. The molecule has 1 aromatic carbocycles. The highest BCUT2D eigenvalue weighted by atomic mass is 16.5. The van der Waals surface area contributed by atoms with Crippen molar-refractivity contribution < 1.29 is 19.0 Å². The molecule has 0 saturated heterocycles. The fourth-order valence-electron chi connectivity index (χ4n) is 1.49. The molecule has 1 rings (SSSR count). The standard InChI is InChI=1S/C15H23NO4/c1-13-4-6-14(7-5-13)16-12-15(17)20-9-3-8-19-11-10-18-2/h4-7,16H,3,8-12H2,1-2H3. The van der Waals surface area contributed by atoms with Gasteiger partial charge in [0.1, 0.15) is 6.54 Å². The summed E-state index contributed by atoms with van der Waals surface area (Å²) in [7, 11) is 1.63. The predicted octanol–water partition coefficient (Wildman–Crippen LogP) is 2.00. The minimum Gasteiger partial charge on any atom is -0.464 e. The van der Waals surface area contributed by atoms with Gasteiger partial charge in [-0.05, 0) is 19.1 Å². The summed E-state index contributed by atoms with van der Waals surface area (Å²) >= 11 is 0. The van der Waals surface area contributed by atoms with Crippen molar-refractivity contribution in [1.82, 2.24) is 0 Å². The van der Waals surface area contributed by atoms with Gasteiger partial charge in [0, 0.05) is 25.8 Å². The topological polar surface area (TPSA) is 56.8 Å². The molecule has 0 aliphatic heterocycles. The van der Waals surface area contributed by atoms with Crippen molar-refractivity contribution in [2.24, 2.45) is 0 Å². The van der Waals surface area contributed by atoms with E-state index in [0.717, 1.165) is 5.69 Å². The zero-order valence-corrected chi connectivity index (χ0v) is 12.2. The van der Waals surface area contributed by atoms with Gasteiger partial charge in [-0.15, -0.1) is 0 Å². The first-order valence-corrected chi connectivity index (χ1v) is 6.75. The van der Waals surface area contributed by atoms with Gasteiger partial charge in [-0.2, -0.15) is 0 Å². The third kappa shape index (κ3) is 7.76. The quantitative estimate of drug-likeness (QED) is 0.525. The van der Waals surface area contributed by atoms with Gasteiger partial charge in [0.15, 0.2) is 0 Å². The van der Waals surface area contributed by atoms with E-state index < -0.39 is 0 Å². The Morgan fingerprint density at radius 3 is 2.55 bits per heavy atom. The number of aryl methyl sites for hydroxylation is 1. The molecule has 0 spiro atoms. The van der Waals surface area contributed by atoms with Gasteiger partial charge < -0.3 is 19.5 Å². The number of hydrogen-bond acceptors (Lipinski definition) is 5. The van der Waals surface area contributed by atoms with E-state index in [1.54, 1.807) is 7.11 Å². The Bertz CT molecular complexity index is 378. The number of anilines is 1. The van der Waals surface area contributed by atoms with E-state index in [0.29, 0.717) is 32.8 Å². The lowest BCUT2D eigenvalue weighted by Gasteiger charge is -2.08. The van der Waals surface area contributed by atoms with E-state index in [2.05, 4.69) is 5.32 Å². The van der Waals surface area contributed by atoms with E-state index >= 15 is 0 Å². The predicted molar refractivity (Wildman–Crippen MR) is 77.9 cm³/mol. The normalized spacial score (nSPS) is 10.3. The van der Waals surface area contributed by atoms with Crippen molar-refractivity contribution in [3.8, 4) is 0 Å². The Kier molecular flexibility index (Phi) is 8.42. The van der Waals surface area contributed by atoms with E-state index in [-0.39, 0.29) is 12.5 Å². The van der Waals surface area contributed by atoms with Crippen molar-refractivity contribution in [3.05, 3.63) is 29.8 Å². The first-order valence-electron chi connectivity index (χ1n) is 6.75. The third-order valence-electron chi connectivity index (χ3n) is 2.62. The second kappa shape index (κ2) is 10.2. The molecule has 0 aliphatic rings. The smallest absolute Gasteiger partial charge is 0.325 e. The zero-order chi connectivity index (χ0) is 14.6. The molecule has 0 saturated carbocycles. The van der Waals surface area contributed by atoms with Crippen LogP contribution in [0.4, 0.5) is 5.69 Å². The number of hydrogen-bond donors (Lipinski definition) is 1. The van der Waals surface area contributed by atoms with Crippen molar-refractivity contribution in [2.45, 2.75) is 13.3 Å². The van der Waals surface area contributed by atoms with Crippen LogP contribution in [0.25, 0.3) is 0 Å². The van der Waals surface area contributed by atoms with Crippen LogP contribution in [-0.4, -0.2) is 46.1 Å². The number of carbonyl (C=O) groups is 1. The van der Waals surface area contributed by atoms with Crippen molar-refractivity contribution >= 4 is 11.7 Å². The van der Waals surface area contributed by atoms with Crippen LogP contribution in [0.1, 0.15) is 12.0 Å². The molecule has 1 N–H and O–H groups in total. The number of rotatable bonds is 10. The molecule has 112 valence electrons. The van der Waals surface area contributed by atoms with Gasteiger partial charge in [0.2, 0.25) is 0 Å². The van der Waals surface area contributed by atoms with Crippen LogP contribution in [0.2, 0.25) is 0 Å². The molecule has 0 aliphatic carbocycles. The maximum absolute atomic E-state index is 11.5. The summed E-state index contributed by atoms with van der Waals surface area (Å²) < 4.78 is 15.2. The molecule has 1 aromatic rings. The Morgan fingerprint density at radius 1 is 1.10 bits per heavy atom. The first-order chi connectivity index (χ1) is 9.72. The molecule has 0 radical (unpaired) electrons. The number of carbonyl (C=O) groups excluding carboxylic acids is 1. The highest BCUT2D eigenvalue weighted by molar-refractivity contribution is 5.74. The van der Waals surface area contributed by atoms with Gasteiger partial charge in [0.25, 0.3) is 0 Å². The Labute approximate surface area is 120 Å². The summed E-state index contributed by atoms with van der Waals surface area (Å²) in [4.78, 5) is 11.5. The van der Waals surface area contributed by atoms with Crippen molar-refractivity contribution in [3.63, 3.8) is 0 Å². The molecule has 5 nitrogen and oxygen atoms in total. The fourth-order valence-corrected chi connectivity index (χ4v) is 1.49. The fraction of sp³-hybridized carbons (Fsp3) is 0.533. The van der Waals surface area contributed by atoms with Crippen LogP contribution in [0, 0.1) is 6.92 Å². The van der Waals surface area contributed by atoms with Crippen LogP contribution in [-0.2, 0) is 19.0 Å². The van der Waals surface area contributed by atoms with Crippen LogP contribution in [0.3, 0.4) is 0 Å². The molecular weight excluding hydrogens is 258 g/mol.